The molecule has 3 aliphatic rings. The summed E-state index contributed by atoms with van der Waals surface area (Å²) in [5.74, 6) is 0.139. The molecule has 0 unspecified atom stereocenters. The predicted molar refractivity (Wildman–Crippen MR) is 103 cm³/mol. The number of hydrogen-bond acceptors (Lipinski definition) is 5. The summed E-state index contributed by atoms with van der Waals surface area (Å²) in [6.07, 6.45) is 12.7. The Bertz CT molecular complexity index is 722. The van der Waals surface area contributed by atoms with Crippen molar-refractivity contribution in [2.24, 2.45) is 5.92 Å². The van der Waals surface area contributed by atoms with E-state index in [1.807, 2.05) is 32.9 Å². The number of hydrogen-bond donors (Lipinski definition) is 0. The molecule has 0 N–H and O–H groups in total. The molecule has 2 heterocycles. The molecule has 3 rings (SSSR count). The van der Waals surface area contributed by atoms with Crippen molar-refractivity contribution >= 4 is 12.0 Å². The van der Waals surface area contributed by atoms with Crippen molar-refractivity contribution in [3.8, 4) is 0 Å². The molecule has 0 saturated carbocycles. The van der Waals surface area contributed by atoms with Gasteiger partial charge in [-0.3, -0.25) is 9.69 Å². The molecule has 0 aromatic carbocycles. The Morgan fingerprint density at radius 1 is 1.21 bits per heavy atom. The number of rotatable bonds is 3. The average molecular weight is 388 g/mol. The number of ether oxygens (including phenoxy) is 3. The van der Waals surface area contributed by atoms with Crippen molar-refractivity contribution in [2.45, 2.75) is 52.1 Å². The fraction of sp³-hybridized carbons (Fsp3) is 0.524. The lowest BCUT2D eigenvalue weighted by Crippen LogP contribution is -2.45. The van der Waals surface area contributed by atoms with Gasteiger partial charge in [0.05, 0.1) is 0 Å². The SMILES string of the molecule is CC(C)(C)OC(=O)N1CCC(C(=O)N(C2=CC=CCC2)C2=COC=CO2)CC1. The molecule has 7 nitrogen and oxygen atoms in total. The standard InChI is InChI=1S/C21H28N2O5/c1-21(2,3)28-20(25)22-11-9-16(10-12-22)19(24)23(17-7-5-4-6-8-17)18-15-26-13-14-27-18/h4-5,7,13-16H,6,8-12H2,1-3H3. The first-order valence-corrected chi connectivity index (χ1v) is 9.70. The molecule has 7 heteroatoms. The van der Waals surface area contributed by atoms with E-state index in [2.05, 4.69) is 6.08 Å². The molecule has 0 atom stereocenters. The maximum absolute atomic E-state index is 13.3. The summed E-state index contributed by atoms with van der Waals surface area (Å²) in [7, 11) is 0. The lowest BCUT2D eigenvalue weighted by molar-refractivity contribution is -0.135. The highest BCUT2D eigenvalue weighted by Crippen LogP contribution is 2.29. The Labute approximate surface area is 165 Å². The fourth-order valence-electron chi connectivity index (χ4n) is 3.35. The molecule has 0 aromatic heterocycles. The first kappa shape index (κ1) is 20.0. The van der Waals surface area contributed by atoms with E-state index in [0.29, 0.717) is 31.8 Å². The molecule has 2 aliphatic heterocycles. The van der Waals surface area contributed by atoms with Crippen LogP contribution in [0, 0.1) is 5.92 Å². The van der Waals surface area contributed by atoms with Gasteiger partial charge in [0.2, 0.25) is 11.8 Å². The number of amides is 2. The van der Waals surface area contributed by atoms with Crippen LogP contribution in [-0.2, 0) is 19.0 Å². The summed E-state index contributed by atoms with van der Waals surface area (Å²) in [5.41, 5.74) is 0.354. The zero-order valence-corrected chi connectivity index (χ0v) is 16.7. The van der Waals surface area contributed by atoms with Crippen LogP contribution in [0.4, 0.5) is 4.79 Å². The number of carbonyl (C=O) groups excluding carboxylic acids is 2. The van der Waals surface area contributed by atoms with Gasteiger partial charge in [-0.25, -0.2) is 4.79 Å². The molecule has 1 aliphatic carbocycles. The summed E-state index contributed by atoms with van der Waals surface area (Å²) in [6, 6.07) is 0. The number of allylic oxidation sites excluding steroid dienone is 4. The highest BCUT2D eigenvalue weighted by Gasteiger charge is 2.35. The third kappa shape index (κ3) is 4.97. The van der Waals surface area contributed by atoms with E-state index in [1.165, 1.54) is 18.8 Å². The molecule has 0 radical (unpaired) electrons. The quantitative estimate of drug-likeness (QED) is 0.731. The highest BCUT2D eigenvalue weighted by atomic mass is 16.6. The van der Waals surface area contributed by atoms with Crippen LogP contribution in [0.3, 0.4) is 0 Å². The molecular weight excluding hydrogens is 360 g/mol. The van der Waals surface area contributed by atoms with Crippen molar-refractivity contribution < 1.29 is 23.8 Å². The Kier molecular flexibility index (Phi) is 6.11. The molecule has 0 spiro atoms. The summed E-state index contributed by atoms with van der Waals surface area (Å²) < 4.78 is 16.2. The second-order valence-corrected chi connectivity index (χ2v) is 8.02. The molecule has 1 saturated heterocycles. The van der Waals surface area contributed by atoms with E-state index in [1.54, 1.807) is 9.80 Å². The Morgan fingerprint density at radius 2 is 1.96 bits per heavy atom. The van der Waals surface area contributed by atoms with E-state index < -0.39 is 5.60 Å². The average Bonchev–Trinajstić information content (AvgIpc) is 2.68. The van der Waals surface area contributed by atoms with Gasteiger partial charge in [0.1, 0.15) is 18.1 Å². The Balaban J connectivity index is 1.67. The zero-order valence-electron chi connectivity index (χ0n) is 16.7. The maximum atomic E-state index is 13.3. The van der Waals surface area contributed by atoms with Crippen LogP contribution in [0.1, 0.15) is 46.5 Å². The number of piperidine rings is 1. The van der Waals surface area contributed by atoms with E-state index in [4.69, 9.17) is 14.2 Å². The summed E-state index contributed by atoms with van der Waals surface area (Å²) in [6.45, 7) is 6.53. The van der Waals surface area contributed by atoms with Crippen molar-refractivity contribution in [3.05, 3.63) is 48.6 Å². The summed E-state index contributed by atoms with van der Waals surface area (Å²) >= 11 is 0. The van der Waals surface area contributed by atoms with E-state index in [-0.39, 0.29) is 17.9 Å². The van der Waals surface area contributed by atoms with Crippen molar-refractivity contribution in [3.63, 3.8) is 0 Å². The smallest absolute Gasteiger partial charge is 0.410 e. The molecular formula is C21H28N2O5. The highest BCUT2D eigenvalue weighted by molar-refractivity contribution is 5.82. The zero-order chi connectivity index (χ0) is 20.1. The molecule has 0 bridgehead atoms. The monoisotopic (exact) mass is 388 g/mol. The van der Waals surface area contributed by atoms with Gasteiger partial charge in [0, 0.05) is 24.7 Å². The minimum Gasteiger partial charge on any atom is -0.464 e. The van der Waals surface area contributed by atoms with Gasteiger partial charge in [-0.2, -0.15) is 0 Å². The summed E-state index contributed by atoms with van der Waals surface area (Å²) in [5, 5.41) is 0. The van der Waals surface area contributed by atoms with E-state index in [9.17, 15) is 9.59 Å². The van der Waals surface area contributed by atoms with Crippen LogP contribution < -0.4 is 0 Å². The van der Waals surface area contributed by atoms with Gasteiger partial charge < -0.3 is 19.1 Å². The van der Waals surface area contributed by atoms with Crippen molar-refractivity contribution in [2.75, 3.05) is 13.1 Å². The Morgan fingerprint density at radius 3 is 2.54 bits per heavy atom. The second-order valence-electron chi connectivity index (χ2n) is 8.02. The van der Waals surface area contributed by atoms with Crippen molar-refractivity contribution in [1.82, 2.24) is 9.80 Å². The van der Waals surface area contributed by atoms with Crippen LogP contribution in [-0.4, -0.2) is 40.5 Å². The third-order valence-corrected chi connectivity index (χ3v) is 4.71. The second kappa shape index (κ2) is 8.54. The third-order valence-electron chi connectivity index (χ3n) is 4.71. The van der Waals surface area contributed by atoms with Gasteiger partial charge in [-0.15, -0.1) is 0 Å². The van der Waals surface area contributed by atoms with Crippen LogP contribution in [0.5, 0.6) is 0 Å². The fourth-order valence-corrected chi connectivity index (χ4v) is 3.35. The van der Waals surface area contributed by atoms with Crippen molar-refractivity contribution in [1.29, 1.82) is 0 Å². The number of nitrogens with zero attached hydrogens (tertiary/aromatic N) is 2. The Hall–Kier alpha value is -2.70. The van der Waals surface area contributed by atoms with Gasteiger partial charge in [-0.05, 0) is 52.5 Å². The predicted octanol–water partition coefficient (Wildman–Crippen LogP) is 4.01. The molecule has 152 valence electrons. The summed E-state index contributed by atoms with van der Waals surface area (Å²) in [4.78, 5) is 28.9. The van der Waals surface area contributed by atoms with Gasteiger partial charge in [0.25, 0.3) is 0 Å². The van der Waals surface area contributed by atoms with Crippen LogP contribution in [0.15, 0.2) is 48.6 Å². The first-order chi connectivity index (χ1) is 13.3. The normalized spacial score (nSPS) is 19.9. The van der Waals surface area contributed by atoms with E-state index >= 15 is 0 Å². The van der Waals surface area contributed by atoms with Gasteiger partial charge in [-0.1, -0.05) is 12.2 Å². The molecule has 28 heavy (non-hydrogen) atoms. The van der Waals surface area contributed by atoms with Gasteiger partial charge in [0.15, 0.2) is 6.26 Å². The van der Waals surface area contributed by atoms with Crippen LogP contribution >= 0.6 is 0 Å². The van der Waals surface area contributed by atoms with E-state index in [0.717, 1.165) is 18.5 Å². The lowest BCUT2D eigenvalue weighted by Gasteiger charge is -2.36. The molecule has 1 fully saturated rings. The molecule has 2 amide bonds. The lowest BCUT2D eigenvalue weighted by atomic mass is 9.94. The maximum Gasteiger partial charge on any atom is 0.410 e. The number of likely N-dealkylation sites (tertiary alicyclic amines) is 1. The minimum absolute atomic E-state index is 0.0319. The van der Waals surface area contributed by atoms with Crippen LogP contribution in [0.2, 0.25) is 0 Å². The minimum atomic E-state index is -0.528. The van der Waals surface area contributed by atoms with Crippen LogP contribution in [0.25, 0.3) is 0 Å². The topological polar surface area (TPSA) is 68.3 Å². The van der Waals surface area contributed by atoms with Gasteiger partial charge >= 0.3 is 6.09 Å². The largest absolute Gasteiger partial charge is 0.464 e. The first-order valence-electron chi connectivity index (χ1n) is 9.70. The molecule has 0 aromatic rings. The number of carbonyl (C=O) groups is 2.